The van der Waals surface area contributed by atoms with E-state index in [1.807, 2.05) is 12.1 Å². The Labute approximate surface area is 205 Å². The Morgan fingerprint density at radius 1 is 1.20 bits per heavy atom. The lowest BCUT2D eigenvalue weighted by molar-refractivity contribution is -0.115. The number of carbonyl (C=O) groups is 2. The predicted molar refractivity (Wildman–Crippen MR) is 132 cm³/mol. The third-order valence-electron chi connectivity index (χ3n) is 5.94. The monoisotopic (exact) mass is 493 g/mol. The summed E-state index contributed by atoms with van der Waals surface area (Å²) in [5.74, 6) is 0.396. The second kappa shape index (κ2) is 10.4. The van der Waals surface area contributed by atoms with Gasteiger partial charge < -0.3 is 15.2 Å². The van der Waals surface area contributed by atoms with Crippen molar-refractivity contribution in [3.05, 3.63) is 64.8 Å². The lowest BCUT2D eigenvalue weighted by Gasteiger charge is -2.32. The molecule has 3 aromatic rings. The van der Waals surface area contributed by atoms with Crippen LogP contribution in [0, 0.1) is 11.7 Å². The van der Waals surface area contributed by atoms with Gasteiger partial charge in [-0.1, -0.05) is 0 Å². The highest BCUT2D eigenvalue weighted by atomic mass is 32.2. The van der Waals surface area contributed by atoms with E-state index in [1.165, 1.54) is 12.1 Å². The summed E-state index contributed by atoms with van der Waals surface area (Å²) < 4.78 is 14.0. The van der Waals surface area contributed by atoms with Crippen molar-refractivity contribution < 1.29 is 14.0 Å². The van der Waals surface area contributed by atoms with Crippen LogP contribution < -0.4 is 15.5 Å². The number of pyridine rings is 1. The topological polar surface area (TPSA) is 116 Å². The normalized spacial score (nSPS) is 17.9. The number of imide groups is 1. The Bertz CT molecular complexity index is 1260. The summed E-state index contributed by atoms with van der Waals surface area (Å²) in [6.45, 7) is 2.95. The molecule has 2 saturated heterocycles. The largest absolute Gasteiger partial charge is 0.360 e. The molecule has 0 aromatic carbocycles. The lowest BCUT2D eigenvalue weighted by atomic mass is 9.97. The molecule has 0 saturated carbocycles. The Morgan fingerprint density at radius 2 is 2.06 bits per heavy atom. The minimum atomic E-state index is -0.401. The first-order valence-electron chi connectivity index (χ1n) is 11.4. The number of hydrogen-bond acceptors (Lipinski definition) is 8. The average molecular weight is 494 g/mol. The van der Waals surface area contributed by atoms with Crippen LogP contribution in [0.2, 0.25) is 0 Å². The summed E-state index contributed by atoms with van der Waals surface area (Å²) in [5, 5.41) is 5.29. The Balaban J connectivity index is 1.12. The molecule has 5 rings (SSSR count). The molecule has 0 radical (unpaired) electrons. The highest BCUT2D eigenvalue weighted by Crippen LogP contribution is 2.26. The van der Waals surface area contributed by atoms with E-state index >= 15 is 0 Å². The molecule has 0 bridgehead atoms. The zero-order valence-corrected chi connectivity index (χ0v) is 19.6. The number of anilines is 1. The molecule has 0 spiro atoms. The third-order valence-corrected chi connectivity index (χ3v) is 6.75. The Kier molecular flexibility index (Phi) is 6.87. The van der Waals surface area contributed by atoms with Gasteiger partial charge in [-0.3, -0.25) is 14.9 Å². The van der Waals surface area contributed by atoms with Crippen LogP contribution >= 0.6 is 11.8 Å². The molecule has 0 unspecified atom stereocenters. The number of hydrogen-bond donors (Lipinski definition) is 3. The first-order chi connectivity index (χ1) is 17.0. The van der Waals surface area contributed by atoms with Gasteiger partial charge in [0.1, 0.15) is 5.82 Å². The van der Waals surface area contributed by atoms with Crippen LogP contribution in [0.3, 0.4) is 0 Å². The maximum atomic E-state index is 14.0. The number of nitrogens with one attached hydrogen (secondary N) is 3. The van der Waals surface area contributed by atoms with Crippen LogP contribution in [-0.2, 0) is 11.3 Å². The number of nitrogens with zero attached hydrogens (tertiary/aromatic N) is 4. The van der Waals surface area contributed by atoms with Crippen LogP contribution in [-0.4, -0.2) is 50.7 Å². The Morgan fingerprint density at radius 3 is 2.80 bits per heavy atom. The van der Waals surface area contributed by atoms with Crippen LogP contribution in [0.15, 0.2) is 47.6 Å². The molecule has 2 fully saturated rings. The Hall–Kier alpha value is -3.57. The molecule has 2 amide bonds. The van der Waals surface area contributed by atoms with Gasteiger partial charge in [0.2, 0.25) is 5.95 Å². The summed E-state index contributed by atoms with van der Waals surface area (Å²) >= 11 is 0.871. The zero-order valence-electron chi connectivity index (χ0n) is 18.8. The summed E-state index contributed by atoms with van der Waals surface area (Å²) in [4.78, 5) is 42.1. The van der Waals surface area contributed by atoms with Gasteiger partial charge in [0.05, 0.1) is 27.7 Å². The molecule has 180 valence electrons. The smallest absolute Gasteiger partial charge is 0.290 e. The molecule has 5 heterocycles. The molecular weight excluding hydrogens is 469 g/mol. The van der Waals surface area contributed by atoms with Crippen molar-refractivity contribution in [2.24, 2.45) is 5.92 Å². The van der Waals surface area contributed by atoms with E-state index in [0.29, 0.717) is 40.4 Å². The fourth-order valence-corrected chi connectivity index (χ4v) is 4.83. The molecule has 0 aliphatic carbocycles. The molecule has 3 aromatic heterocycles. The maximum Gasteiger partial charge on any atom is 0.290 e. The summed E-state index contributed by atoms with van der Waals surface area (Å²) in [7, 11) is 0. The first kappa shape index (κ1) is 23.2. The summed E-state index contributed by atoms with van der Waals surface area (Å²) in [6.07, 6.45) is 7.00. The van der Waals surface area contributed by atoms with E-state index in [1.54, 1.807) is 24.5 Å². The molecule has 11 heteroatoms. The minimum absolute atomic E-state index is 0.300. The van der Waals surface area contributed by atoms with Crippen molar-refractivity contribution in [3.63, 3.8) is 0 Å². The lowest BCUT2D eigenvalue weighted by Crippen LogP contribution is -2.38. The van der Waals surface area contributed by atoms with Crippen molar-refractivity contribution in [2.45, 2.75) is 19.4 Å². The van der Waals surface area contributed by atoms with Gasteiger partial charge in [0.15, 0.2) is 0 Å². The molecule has 2 aliphatic heterocycles. The number of piperidine rings is 1. The van der Waals surface area contributed by atoms with E-state index in [-0.39, 0.29) is 11.1 Å². The average Bonchev–Trinajstić information content (AvgIpc) is 3.49. The second-order valence-corrected chi connectivity index (χ2v) is 9.46. The van der Waals surface area contributed by atoms with Gasteiger partial charge in [0, 0.05) is 38.1 Å². The van der Waals surface area contributed by atoms with E-state index in [0.717, 1.165) is 49.9 Å². The van der Waals surface area contributed by atoms with E-state index in [2.05, 4.69) is 35.5 Å². The maximum absolute atomic E-state index is 14.0. The van der Waals surface area contributed by atoms with Crippen LogP contribution in [0.1, 0.15) is 24.2 Å². The van der Waals surface area contributed by atoms with E-state index in [9.17, 15) is 14.0 Å². The number of halogens is 1. The molecule has 9 nitrogen and oxygen atoms in total. The molecule has 2 aliphatic rings. The molecule has 35 heavy (non-hydrogen) atoms. The number of rotatable bonds is 7. The van der Waals surface area contributed by atoms with Gasteiger partial charge >= 0.3 is 0 Å². The fourth-order valence-electron chi connectivity index (χ4n) is 4.16. The van der Waals surface area contributed by atoms with E-state index in [4.69, 9.17) is 0 Å². The van der Waals surface area contributed by atoms with E-state index < -0.39 is 5.91 Å². The van der Waals surface area contributed by atoms with Gasteiger partial charge in [-0.15, -0.1) is 0 Å². The van der Waals surface area contributed by atoms with Gasteiger partial charge in [-0.2, -0.15) is 0 Å². The first-order valence-corrected chi connectivity index (χ1v) is 12.2. The predicted octanol–water partition coefficient (Wildman–Crippen LogP) is 3.34. The number of thioether (sulfide) groups is 1. The second-order valence-electron chi connectivity index (χ2n) is 8.44. The number of carbonyl (C=O) groups excluding carboxylic acids is 2. The van der Waals surface area contributed by atoms with Crippen molar-refractivity contribution in [1.82, 2.24) is 30.6 Å². The highest BCUT2D eigenvalue weighted by molar-refractivity contribution is 8.18. The number of aromatic amines is 1. The van der Waals surface area contributed by atoms with Crippen LogP contribution in [0.25, 0.3) is 17.5 Å². The molecule has 3 N–H and O–H groups in total. The highest BCUT2D eigenvalue weighted by Gasteiger charge is 2.25. The fraction of sp³-hybridized carbons (Fsp3) is 0.292. The van der Waals surface area contributed by atoms with Crippen molar-refractivity contribution >= 4 is 34.9 Å². The molecule has 0 atom stereocenters. The quantitative estimate of drug-likeness (QED) is 0.429. The standard InChI is InChI=1S/C24H24FN7O2S/c25-16-10-18(29-20(11-16)19-2-1-6-27-19)14-26-13-15-4-8-32(9-5-15)23-28-7-3-17(30-23)12-21-22(33)31-24(34)35-21/h1-3,6-7,10-12,15,26-27H,4-5,8-9,13-14H2,(H,31,33,34)/b21-12-. The zero-order chi connectivity index (χ0) is 24.2. The van der Waals surface area contributed by atoms with Crippen LogP contribution in [0.4, 0.5) is 15.1 Å². The SMILES string of the molecule is O=C1NC(=O)/C(=C/c2ccnc(N3CCC(CNCc4cc(F)cc(-c5ccc[nH]5)n4)CC3)n2)S1. The summed E-state index contributed by atoms with van der Waals surface area (Å²) in [5.41, 5.74) is 2.64. The number of amides is 2. The number of aromatic nitrogens is 4. The summed E-state index contributed by atoms with van der Waals surface area (Å²) in [6, 6.07) is 8.34. The van der Waals surface area contributed by atoms with Crippen molar-refractivity contribution in [3.8, 4) is 11.4 Å². The van der Waals surface area contributed by atoms with Gasteiger partial charge in [-0.25, -0.2) is 19.3 Å². The molecular formula is C24H24FN7O2S. The van der Waals surface area contributed by atoms with Gasteiger partial charge in [0.25, 0.3) is 11.1 Å². The number of H-pyrrole nitrogens is 1. The minimum Gasteiger partial charge on any atom is -0.360 e. The van der Waals surface area contributed by atoms with Crippen LogP contribution in [0.5, 0.6) is 0 Å². The van der Waals surface area contributed by atoms with Crippen molar-refractivity contribution in [2.75, 3.05) is 24.5 Å². The third kappa shape index (κ3) is 5.75. The van der Waals surface area contributed by atoms with Crippen molar-refractivity contribution in [1.29, 1.82) is 0 Å². The van der Waals surface area contributed by atoms with Gasteiger partial charge in [-0.05, 0) is 67.4 Å².